The van der Waals surface area contributed by atoms with E-state index in [2.05, 4.69) is 21.2 Å². The van der Waals surface area contributed by atoms with Crippen molar-refractivity contribution in [1.29, 1.82) is 0 Å². The summed E-state index contributed by atoms with van der Waals surface area (Å²) in [6, 6.07) is 8.49. The van der Waals surface area contributed by atoms with Crippen LogP contribution in [0, 0.1) is 5.82 Å². The van der Waals surface area contributed by atoms with Gasteiger partial charge in [-0.15, -0.1) is 0 Å². The first-order valence-corrected chi connectivity index (χ1v) is 6.60. The van der Waals surface area contributed by atoms with E-state index < -0.39 is 30.1 Å². The molecule has 0 spiro atoms. The molecule has 0 aliphatic heterocycles. The van der Waals surface area contributed by atoms with Crippen molar-refractivity contribution < 1.29 is 18.8 Å². The van der Waals surface area contributed by atoms with Crippen LogP contribution < -0.4 is 16.2 Å². The standard InChI is InChI=1S/C15H13FN4O3/c16-12-6-2-1-5-11(12)15(23)18-9-13(21)19-20-14(22)10-4-3-7-17-8-10/h1-8H,9H2,(H,18,23)(H,19,21)(H,20,22). The molecule has 0 radical (unpaired) electrons. The summed E-state index contributed by atoms with van der Waals surface area (Å²) in [6.45, 7) is -0.416. The Morgan fingerprint density at radius 3 is 2.48 bits per heavy atom. The third-order valence-electron chi connectivity index (χ3n) is 2.77. The maximum Gasteiger partial charge on any atom is 0.271 e. The summed E-state index contributed by atoms with van der Waals surface area (Å²) in [5.74, 6) is -2.62. The van der Waals surface area contributed by atoms with Gasteiger partial charge < -0.3 is 5.32 Å². The number of nitrogens with zero attached hydrogens (tertiary/aromatic N) is 1. The summed E-state index contributed by atoms with van der Waals surface area (Å²) in [5.41, 5.74) is 4.40. The second kappa shape index (κ2) is 7.64. The van der Waals surface area contributed by atoms with Crippen molar-refractivity contribution in [2.45, 2.75) is 0 Å². The fraction of sp³-hybridized carbons (Fsp3) is 0.0667. The number of carbonyl (C=O) groups is 3. The van der Waals surface area contributed by atoms with Crippen LogP contribution in [0.2, 0.25) is 0 Å². The Hall–Kier alpha value is -3.29. The molecule has 0 aliphatic carbocycles. The monoisotopic (exact) mass is 316 g/mol. The van der Waals surface area contributed by atoms with Gasteiger partial charge in [-0.2, -0.15) is 0 Å². The number of hydrogen-bond acceptors (Lipinski definition) is 4. The van der Waals surface area contributed by atoms with Gasteiger partial charge in [0.1, 0.15) is 5.82 Å². The molecule has 0 atom stereocenters. The van der Waals surface area contributed by atoms with Crippen molar-refractivity contribution >= 4 is 17.7 Å². The lowest BCUT2D eigenvalue weighted by atomic mass is 10.2. The van der Waals surface area contributed by atoms with Gasteiger partial charge in [0.15, 0.2) is 0 Å². The molecule has 0 bridgehead atoms. The van der Waals surface area contributed by atoms with Crippen molar-refractivity contribution in [3.8, 4) is 0 Å². The zero-order chi connectivity index (χ0) is 16.7. The number of pyridine rings is 1. The Kier molecular flexibility index (Phi) is 5.35. The van der Waals surface area contributed by atoms with Gasteiger partial charge in [-0.1, -0.05) is 12.1 Å². The van der Waals surface area contributed by atoms with Gasteiger partial charge in [-0.3, -0.25) is 30.2 Å². The fourth-order valence-electron chi connectivity index (χ4n) is 1.64. The van der Waals surface area contributed by atoms with Crippen molar-refractivity contribution in [3.05, 3.63) is 65.7 Å². The summed E-state index contributed by atoms with van der Waals surface area (Å²) >= 11 is 0. The number of nitrogens with one attached hydrogen (secondary N) is 3. The van der Waals surface area contributed by atoms with Crippen molar-refractivity contribution in [1.82, 2.24) is 21.2 Å². The largest absolute Gasteiger partial charge is 0.343 e. The highest BCUT2D eigenvalue weighted by Gasteiger charge is 2.12. The summed E-state index contributed by atoms with van der Waals surface area (Å²) < 4.78 is 13.4. The predicted molar refractivity (Wildman–Crippen MR) is 78.6 cm³/mol. The minimum absolute atomic E-state index is 0.167. The molecule has 118 valence electrons. The first kappa shape index (κ1) is 16.1. The Bertz CT molecular complexity index is 722. The van der Waals surface area contributed by atoms with Gasteiger partial charge in [-0.25, -0.2) is 4.39 Å². The number of aromatic nitrogens is 1. The van der Waals surface area contributed by atoms with E-state index in [4.69, 9.17) is 0 Å². The first-order chi connectivity index (χ1) is 11.1. The predicted octanol–water partition coefficient (Wildman–Crippen LogP) is 0.412. The highest BCUT2D eigenvalue weighted by atomic mass is 19.1. The molecule has 0 fully saturated rings. The Labute approximate surface area is 130 Å². The molecule has 3 N–H and O–H groups in total. The summed E-state index contributed by atoms with van der Waals surface area (Å²) in [5, 5.41) is 2.25. The van der Waals surface area contributed by atoms with Gasteiger partial charge >= 0.3 is 0 Å². The zero-order valence-corrected chi connectivity index (χ0v) is 11.9. The number of hydrazine groups is 1. The number of carbonyl (C=O) groups excluding carboxylic acids is 3. The van der Waals surface area contributed by atoms with Gasteiger partial charge in [0, 0.05) is 12.4 Å². The molecule has 7 nitrogen and oxygen atoms in total. The van der Waals surface area contributed by atoms with Crippen LogP contribution in [0.1, 0.15) is 20.7 Å². The van der Waals surface area contributed by atoms with E-state index in [1.54, 1.807) is 6.07 Å². The minimum atomic E-state index is -0.725. The average molecular weight is 316 g/mol. The Morgan fingerprint density at radius 1 is 1.00 bits per heavy atom. The van der Waals surface area contributed by atoms with Crippen molar-refractivity contribution in [3.63, 3.8) is 0 Å². The molecule has 1 aromatic heterocycles. The van der Waals surface area contributed by atoms with Crippen LogP contribution in [-0.2, 0) is 4.79 Å². The molecule has 1 aromatic carbocycles. The lowest BCUT2D eigenvalue weighted by molar-refractivity contribution is -0.120. The van der Waals surface area contributed by atoms with Gasteiger partial charge in [0.2, 0.25) is 0 Å². The van der Waals surface area contributed by atoms with Crippen LogP contribution in [-0.4, -0.2) is 29.3 Å². The van der Waals surface area contributed by atoms with E-state index in [1.807, 2.05) is 0 Å². The number of amides is 3. The first-order valence-electron chi connectivity index (χ1n) is 6.60. The maximum atomic E-state index is 13.4. The highest BCUT2D eigenvalue weighted by molar-refractivity contribution is 5.98. The summed E-state index contributed by atoms with van der Waals surface area (Å²) in [6.07, 6.45) is 2.84. The molecule has 2 aromatic rings. The number of hydrogen-bond donors (Lipinski definition) is 3. The third kappa shape index (κ3) is 4.60. The quantitative estimate of drug-likeness (QED) is 0.711. The lowest BCUT2D eigenvalue weighted by Gasteiger charge is -2.08. The number of halogens is 1. The molecular formula is C15H13FN4O3. The number of rotatable bonds is 4. The molecule has 0 aliphatic rings. The molecule has 23 heavy (non-hydrogen) atoms. The molecule has 3 amide bonds. The van der Waals surface area contributed by atoms with Crippen LogP contribution in [0.5, 0.6) is 0 Å². The molecule has 1 heterocycles. The van der Waals surface area contributed by atoms with E-state index in [0.717, 1.165) is 6.07 Å². The normalized spacial score (nSPS) is 9.78. The fourth-order valence-corrected chi connectivity index (χ4v) is 1.64. The molecule has 8 heteroatoms. The van der Waals surface area contributed by atoms with Crippen LogP contribution in [0.25, 0.3) is 0 Å². The topological polar surface area (TPSA) is 100 Å². The van der Waals surface area contributed by atoms with Gasteiger partial charge in [-0.05, 0) is 24.3 Å². The second-order valence-corrected chi connectivity index (χ2v) is 4.41. The van der Waals surface area contributed by atoms with E-state index >= 15 is 0 Å². The van der Waals surface area contributed by atoms with Gasteiger partial charge in [0.05, 0.1) is 17.7 Å². The van der Waals surface area contributed by atoms with Crippen LogP contribution in [0.3, 0.4) is 0 Å². The van der Waals surface area contributed by atoms with E-state index in [-0.39, 0.29) is 11.1 Å². The molecule has 0 saturated carbocycles. The summed E-state index contributed by atoms with van der Waals surface area (Å²) in [4.78, 5) is 38.7. The Balaban J connectivity index is 1.78. The molecular weight excluding hydrogens is 303 g/mol. The minimum Gasteiger partial charge on any atom is -0.343 e. The van der Waals surface area contributed by atoms with E-state index in [1.165, 1.54) is 36.7 Å². The van der Waals surface area contributed by atoms with Crippen molar-refractivity contribution in [2.75, 3.05) is 6.54 Å². The SMILES string of the molecule is O=C(CNC(=O)c1ccccc1F)NNC(=O)c1cccnc1. The van der Waals surface area contributed by atoms with E-state index in [0.29, 0.717) is 0 Å². The molecule has 2 rings (SSSR count). The van der Waals surface area contributed by atoms with E-state index in [9.17, 15) is 18.8 Å². The third-order valence-corrected chi connectivity index (χ3v) is 2.77. The second-order valence-electron chi connectivity index (χ2n) is 4.41. The molecule has 0 unspecified atom stereocenters. The van der Waals surface area contributed by atoms with Crippen LogP contribution in [0.4, 0.5) is 4.39 Å². The van der Waals surface area contributed by atoms with Crippen molar-refractivity contribution in [2.24, 2.45) is 0 Å². The van der Waals surface area contributed by atoms with Crippen LogP contribution >= 0.6 is 0 Å². The highest BCUT2D eigenvalue weighted by Crippen LogP contribution is 2.05. The average Bonchev–Trinajstić information content (AvgIpc) is 2.58. The van der Waals surface area contributed by atoms with Crippen LogP contribution in [0.15, 0.2) is 48.8 Å². The Morgan fingerprint density at radius 2 is 1.78 bits per heavy atom. The lowest BCUT2D eigenvalue weighted by Crippen LogP contribution is -2.46. The summed E-state index contributed by atoms with van der Waals surface area (Å²) in [7, 11) is 0. The number of benzene rings is 1. The smallest absolute Gasteiger partial charge is 0.271 e. The zero-order valence-electron chi connectivity index (χ0n) is 11.9. The van der Waals surface area contributed by atoms with Gasteiger partial charge in [0.25, 0.3) is 17.7 Å². The molecule has 0 saturated heterocycles. The maximum absolute atomic E-state index is 13.4.